The van der Waals surface area contributed by atoms with Gasteiger partial charge in [0.1, 0.15) is 23.6 Å². The van der Waals surface area contributed by atoms with Crippen LogP contribution < -0.4 is 10.6 Å². The van der Waals surface area contributed by atoms with Crippen molar-refractivity contribution in [3.63, 3.8) is 0 Å². The Bertz CT molecular complexity index is 788. The normalized spacial score (nSPS) is 17.6. The minimum atomic E-state index is 0.352. The van der Waals surface area contributed by atoms with Crippen molar-refractivity contribution in [3.8, 4) is 0 Å². The van der Waals surface area contributed by atoms with E-state index in [1.54, 1.807) is 6.33 Å². The molecule has 0 bridgehead atoms. The molecule has 22 heavy (non-hydrogen) atoms. The molecule has 4 rings (SSSR count). The highest BCUT2D eigenvalue weighted by atomic mass is 15.1. The summed E-state index contributed by atoms with van der Waals surface area (Å²) in [6, 6.07) is 2.36. The Labute approximate surface area is 128 Å². The van der Waals surface area contributed by atoms with Crippen LogP contribution in [0.5, 0.6) is 0 Å². The summed E-state index contributed by atoms with van der Waals surface area (Å²) >= 11 is 0. The Hall–Kier alpha value is -2.41. The second-order valence-corrected chi connectivity index (χ2v) is 5.67. The molecule has 4 heterocycles. The summed E-state index contributed by atoms with van der Waals surface area (Å²) in [5.41, 5.74) is 1.97. The minimum absolute atomic E-state index is 0.352. The predicted octanol–water partition coefficient (Wildman–Crippen LogP) is 1.30. The summed E-state index contributed by atoms with van der Waals surface area (Å²) in [6.45, 7) is 1.80. The molecule has 3 N–H and O–H groups in total. The van der Waals surface area contributed by atoms with Gasteiger partial charge in [-0.3, -0.25) is 0 Å². The first kappa shape index (κ1) is 13.3. The van der Waals surface area contributed by atoms with Gasteiger partial charge in [-0.25, -0.2) is 15.0 Å². The molecule has 1 aliphatic heterocycles. The number of imidazole rings is 1. The van der Waals surface area contributed by atoms with Gasteiger partial charge in [-0.05, 0) is 19.5 Å². The molecule has 0 aromatic carbocycles. The summed E-state index contributed by atoms with van der Waals surface area (Å²) < 4.78 is 2.26. The van der Waals surface area contributed by atoms with Crippen LogP contribution in [0, 0.1) is 0 Å². The molecule has 1 atom stereocenters. The van der Waals surface area contributed by atoms with Crippen molar-refractivity contribution < 1.29 is 0 Å². The molecule has 0 fully saturated rings. The van der Waals surface area contributed by atoms with E-state index in [2.05, 4.69) is 36.3 Å². The summed E-state index contributed by atoms with van der Waals surface area (Å²) in [6.07, 6.45) is 7.62. The zero-order valence-corrected chi connectivity index (χ0v) is 12.5. The number of rotatable bonds is 4. The first-order chi connectivity index (χ1) is 10.8. The van der Waals surface area contributed by atoms with Crippen LogP contribution in [-0.4, -0.2) is 37.6 Å². The number of aryl methyl sites for hydroxylation is 1. The van der Waals surface area contributed by atoms with E-state index in [0.29, 0.717) is 6.04 Å². The van der Waals surface area contributed by atoms with Gasteiger partial charge < -0.3 is 20.2 Å². The van der Waals surface area contributed by atoms with E-state index < -0.39 is 0 Å². The molecule has 1 aliphatic rings. The minimum Gasteiger partial charge on any atom is -0.366 e. The Kier molecular flexibility index (Phi) is 3.27. The quantitative estimate of drug-likeness (QED) is 0.676. The van der Waals surface area contributed by atoms with Crippen LogP contribution in [0.3, 0.4) is 0 Å². The van der Waals surface area contributed by atoms with Gasteiger partial charge in [0.05, 0.1) is 11.1 Å². The fourth-order valence-corrected chi connectivity index (χ4v) is 3.06. The van der Waals surface area contributed by atoms with Crippen LogP contribution >= 0.6 is 0 Å². The second kappa shape index (κ2) is 5.42. The zero-order valence-electron chi connectivity index (χ0n) is 12.5. The van der Waals surface area contributed by atoms with Crippen LogP contribution in [-0.2, 0) is 19.5 Å². The fraction of sp³-hybridized carbons (Fsp3) is 0.400. The Morgan fingerprint density at radius 1 is 1.41 bits per heavy atom. The van der Waals surface area contributed by atoms with Gasteiger partial charge in [-0.1, -0.05) is 0 Å². The van der Waals surface area contributed by atoms with Crippen molar-refractivity contribution in [2.45, 2.75) is 32.0 Å². The molecule has 0 spiro atoms. The van der Waals surface area contributed by atoms with Crippen LogP contribution in [0.4, 0.5) is 5.82 Å². The van der Waals surface area contributed by atoms with E-state index in [1.807, 2.05) is 19.3 Å². The summed E-state index contributed by atoms with van der Waals surface area (Å²) in [5.74, 6) is 2.04. The molecule has 3 aromatic heterocycles. The molecule has 0 radical (unpaired) electrons. The number of aromatic amines is 1. The molecule has 7 nitrogen and oxygen atoms in total. The van der Waals surface area contributed by atoms with Crippen LogP contribution in [0.25, 0.3) is 11.0 Å². The fourth-order valence-electron chi connectivity index (χ4n) is 3.06. The van der Waals surface area contributed by atoms with Crippen LogP contribution in [0.15, 0.2) is 24.8 Å². The number of anilines is 1. The van der Waals surface area contributed by atoms with Gasteiger partial charge in [0.15, 0.2) is 0 Å². The van der Waals surface area contributed by atoms with E-state index in [-0.39, 0.29) is 0 Å². The number of nitrogens with one attached hydrogen (secondary N) is 3. The number of hydrogen-bond acceptors (Lipinski definition) is 5. The zero-order chi connectivity index (χ0) is 14.9. The number of aromatic nitrogens is 5. The van der Waals surface area contributed by atoms with E-state index in [0.717, 1.165) is 54.3 Å². The van der Waals surface area contributed by atoms with E-state index in [9.17, 15) is 0 Å². The third-order valence-electron chi connectivity index (χ3n) is 4.11. The lowest BCUT2D eigenvalue weighted by Gasteiger charge is -2.24. The maximum absolute atomic E-state index is 4.71. The third-order valence-corrected chi connectivity index (χ3v) is 4.11. The van der Waals surface area contributed by atoms with Crippen molar-refractivity contribution in [2.24, 2.45) is 0 Å². The Morgan fingerprint density at radius 3 is 3.27 bits per heavy atom. The van der Waals surface area contributed by atoms with E-state index in [4.69, 9.17) is 4.98 Å². The predicted molar refractivity (Wildman–Crippen MR) is 84.6 cm³/mol. The lowest BCUT2D eigenvalue weighted by Crippen LogP contribution is -2.30. The van der Waals surface area contributed by atoms with Gasteiger partial charge >= 0.3 is 0 Å². The van der Waals surface area contributed by atoms with Crippen molar-refractivity contribution >= 4 is 16.9 Å². The molecule has 0 amide bonds. The van der Waals surface area contributed by atoms with Crippen molar-refractivity contribution in [2.75, 3.05) is 12.4 Å². The molecular formula is C15H19N7. The van der Waals surface area contributed by atoms with Gasteiger partial charge in [0.25, 0.3) is 0 Å². The van der Waals surface area contributed by atoms with Gasteiger partial charge in [0, 0.05) is 37.9 Å². The molecule has 0 saturated heterocycles. The lowest BCUT2D eigenvalue weighted by atomic mass is 10.1. The third kappa shape index (κ3) is 2.33. The first-order valence-electron chi connectivity index (χ1n) is 7.57. The van der Waals surface area contributed by atoms with Crippen LogP contribution in [0.2, 0.25) is 0 Å². The highest BCUT2D eigenvalue weighted by Gasteiger charge is 2.21. The topological polar surface area (TPSA) is 83.4 Å². The molecule has 0 aliphatic carbocycles. The molecule has 3 aromatic rings. The number of H-pyrrole nitrogens is 1. The number of hydrogen-bond donors (Lipinski definition) is 3. The largest absolute Gasteiger partial charge is 0.366 e. The van der Waals surface area contributed by atoms with Gasteiger partial charge in [0.2, 0.25) is 0 Å². The SMILES string of the molecule is CNCc1cn2c(n1)CC(Nc1ncnc3[nH]ccc13)CC2. The lowest BCUT2D eigenvalue weighted by molar-refractivity contribution is 0.483. The summed E-state index contributed by atoms with van der Waals surface area (Å²) in [7, 11) is 1.94. The van der Waals surface area contributed by atoms with Crippen molar-refractivity contribution in [1.29, 1.82) is 0 Å². The monoisotopic (exact) mass is 297 g/mol. The van der Waals surface area contributed by atoms with Gasteiger partial charge in [-0.15, -0.1) is 0 Å². The molecular weight excluding hydrogens is 278 g/mol. The van der Waals surface area contributed by atoms with E-state index in [1.165, 1.54) is 0 Å². The van der Waals surface area contributed by atoms with Crippen molar-refractivity contribution in [3.05, 3.63) is 36.3 Å². The summed E-state index contributed by atoms with van der Waals surface area (Å²) in [4.78, 5) is 16.4. The number of fused-ring (bicyclic) bond motifs is 2. The molecule has 114 valence electrons. The maximum atomic E-state index is 4.71. The van der Waals surface area contributed by atoms with Gasteiger partial charge in [-0.2, -0.15) is 0 Å². The first-order valence-corrected chi connectivity index (χ1v) is 7.57. The average molecular weight is 297 g/mol. The highest BCUT2D eigenvalue weighted by Crippen LogP contribution is 2.22. The average Bonchev–Trinajstić information content (AvgIpc) is 3.13. The standard InChI is InChI=1S/C15H19N7/c1-16-7-11-8-22-5-3-10(6-13(22)20-11)21-15-12-2-4-17-14(12)18-9-19-15/h2,4,8-10,16H,3,5-7H2,1H3,(H2,17,18,19,21). The smallest absolute Gasteiger partial charge is 0.142 e. The highest BCUT2D eigenvalue weighted by molar-refractivity contribution is 5.86. The molecule has 0 saturated carbocycles. The number of nitrogens with zero attached hydrogens (tertiary/aromatic N) is 4. The van der Waals surface area contributed by atoms with Crippen LogP contribution in [0.1, 0.15) is 17.9 Å². The molecule has 1 unspecified atom stereocenters. The maximum Gasteiger partial charge on any atom is 0.142 e. The Balaban J connectivity index is 1.53. The molecule has 7 heteroatoms. The Morgan fingerprint density at radius 2 is 2.36 bits per heavy atom. The van der Waals surface area contributed by atoms with E-state index >= 15 is 0 Å². The van der Waals surface area contributed by atoms with Crippen molar-refractivity contribution in [1.82, 2.24) is 29.8 Å². The summed E-state index contributed by atoms with van der Waals surface area (Å²) in [5, 5.41) is 7.74. The second-order valence-electron chi connectivity index (χ2n) is 5.67.